The molecule has 2 aromatic rings. The third-order valence-electron chi connectivity index (χ3n) is 2.00. The zero-order chi connectivity index (χ0) is 9.97. The molecule has 0 aliphatic rings. The molecule has 72 valence electrons. The fourth-order valence-corrected chi connectivity index (χ4v) is 1.44. The molecule has 0 N–H and O–H groups in total. The largest absolute Gasteiger partial charge is 0.196 e. The first-order valence-corrected chi connectivity index (χ1v) is 4.75. The molecule has 0 unspecified atom stereocenters. The highest BCUT2D eigenvalue weighted by Crippen LogP contribution is 2.13. The number of rotatable bonds is 2. The molecule has 0 amide bonds. The van der Waals surface area contributed by atoms with Crippen LogP contribution in [-0.2, 0) is 5.88 Å². The van der Waals surface area contributed by atoms with E-state index >= 15 is 0 Å². The maximum Gasteiger partial charge on any atom is 0.171 e. The normalized spacial score (nSPS) is 10.4. The lowest BCUT2D eigenvalue weighted by molar-refractivity contribution is 0.773. The monoisotopic (exact) mass is 208 g/mol. The molecular formula is C9H9ClN4. The second-order valence-corrected chi connectivity index (χ2v) is 3.19. The van der Waals surface area contributed by atoms with E-state index in [0.29, 0.717) is 11.7 Å². The van der Waals surface area contributed by atoms with Crippen molar-refractivity contribution in [1.29, 1.82) is 0 Å². The molecule has 4 nitrogen and oxygen atoms in total. The van der Waals surface area contributed by atoms with Crippen LogP contribution in [-0.4, -0.2) is 20.2 Å². The molecule has 0 aliphatic carbocycles. The first-order valence-electron chi connectivity index (χ1n) is 4.22. The molecule has 1 aromatic carbocycles. The van der Waals surface area contributed by atoms with Crippen LogP contribution in [0.3, 0.4) is 0 Å². The van der Waals surface area contributed by atoms with Gasteiger partial charge in [-0.05, 0) is 29.0 Å². The van der Waals surface area contributed by atoms with Crippen LogP contribution >= 0.6 is 11.6 Å². The van der Waals surface area contributed by atoms with Gasteiger partial charge in [-0.1, -0.05) is 18.2 Å². The van der Waals surface area contributed by atoms with Crippen LogP contribution in [0.2, 0.25) is 0 Å². The van der Waals surface area contributed by atoms with E-state index < -0.39 is 0 Å². The Kier molecular flexibility index (Phi) is 2.45. The zero-order valence-corrected chi connectivity index (χ0v) is 8.44. The minimum Gasteiger partial charge on any atom is -0.196 e. The van der Waals surface area contributed by atoms with Gasteiger partial charge in [0.05, 0.1) is 11.6 Å². The minimum atomic E-state index is 0.307. The molecule has 0 saturated heterocycles. The summed E-state index contributed by atoms with van der Waals surface area (Å²) in [5.41, 5.74) is 2.08. The fraction of sp³-hybridized carbons (Fsp3) is 0.222. The van der Waals surface area contributed by atoms with Gasteiger partial charge >= 0.3 is 0 Å². The maximum atomic E-state index is 5.71. The Hall–Kier alpha value is -1.42. The molecule has 0 fully saturated rings. The summed E-state index contributed by atoms with van der Waals surface area (Å²) >= 11 is 5.71. The number of benzene rings is 1. The standard InChI is InChI=1S/C9H9ClN4/c1-7-4-2-3-5-8(7)14-9(6-10)11-12-13-14/h2-5H,6H2,1H3. The van der Waals surface area contributed by atoms with Gasteiger partial charge in [-0.2, -0.15) is 4.68 Å². The van der Waals surface area contributed by atoms with Crippen LogP contribution in [0, 0.1) is 6.92 Å². The second kappa shape index (κ2) is 3.75. The molecule has 2 rings (SSSR count). The van der Waals surface area contributed by atoms with Crippen LogP contribution in [0.1, 0.15) is 11.4 Å². The first kappa shape index (κ1) is 9.15. The Morgan fingerprint density at radius 2 is 2.14 bits per heavy atom. The van der Waals surface area contributed by atoms with Gasteiger partial charge in [-0.25, -0.2) is 0 Å². The summed E-state index contributed by atoms with van der Waals surface area (Å²) in [4.78, 5) is 0. The molecule has 0 saturated carbocycles. The molecule has 1 aromatic heterocycles. The van der Waals surface area contributed by atoms with E-state index in [0.717, 1.165) is 11.3 Å². The van der Waals surface area contributed by atoms with Gasteiger partial charge in [-0.15, -0.1) is 16.7 Å². The van der Waals surface area contributed by atoms with Gasteiger partial charge in [0, 0.05) is 0 Å². The van der Waals surface area contributed by atoms with E-state index in [1.807, 2.05) is 31.2 Å². The Labute approximate surface area is 86.5 Å². The van der Waals surface area contributed by atoms with Crippen LogP contribution in [0.4, 0.5) is 0 Å². The van der Waals surface area contributed by atoms with Crippen molar-refractivity contribution in [2.24, 2.45) is 0 Å². The molecule has 0 aliphatic heterocycles. The van der Waals surface area contributed by atoms with Crippen LogP contribution in [0.25, 0.3) is 5.69 Å². The highest BCUT2D eigenvalue weighted by molar-refractivity contribution is 6.16. The van der Waals surface area contributed by atoms with E-state index in [1.165, 1.54) is 0 Å². The number of para-hydroxylation sites is 1. The number of tetrazole rings is 1. The number of hydrogen-bond acceptors (Lipinski definition) is 3. The molecule has 1 heterocycles. The van der Waals surface area contributed by atoms with Gasteiger partial charge in [-0.3, -0.25) is 0 Å². The Balaban J connectivity index is 2.54. The van der Waals surface area contributed by atoms with E-state index in [9.17, 15) is 0 Å². The lowest BCUT2D eigenvalue weighted by atomic mass is 10.2. The number of halogens is 1. The molecule has 14 heavy (non-hydrogen) atoms. The molecular weight excluding hydrogens is 200 g/mol. The lowest BCUT2D eigenvalue weighted by Gasteiger charge is -2.05. The van der Waals surface area contributed by atoms with E-state index in [-0.39, 0.29) is 0 Å². The number of alkyl halides is 1. The van der Waals surface area contributed by atoms with Crippen molar-refractivity contribution in [2.75, 3.05) is 0 Å². The van der Waals surface area contributed by atoms with E-state index in [2.05, 4.69) is 15.5 Å². The summed E-state index contributed by atoms with van der Waals surface area (Å²) in [5.74, 6) is 0.961. The Morgan fingerprint density at radius 1 is 1.36 bits per heavy atom. The van der Waals surface area contributed by atoms with Crippen molar-refractivity contribution in [3.8, 4) is 5.69 Å². The Morgan fingerprint density at radius 3 is 2.86 bits per heavy atom. The van der Waals surface area contributed by atoms with Gasteiger partial charge in [0.2, 0.25) is 0 Å². The highest BCUT2D eigenvalue weighted by atomic mass is 35.5. The summed E-state index contributed by atoms with van der Waals surface area (Å²) in [6.45, 7) is 2.01. The third kappa shape index (κ3) is 1.48. The van der Waals surface area contributed by atoms with Gasteiger partial charge in [0.15, 0.2) is 5.82 Å². The van der Waals surface area contributed by atoms with Crippen molar-refractivity contribution in [3.05, 3.63) is 35.7 Å². The van der Waals surface area contributed by atoms with E-state index in [4.69, 9.17) is 11.6 Å². The highest BCUT2D eigenvalue weighted by Gasteiger charge is 2.07. The third-order valence-corrected chi connectivity index (χ3v) is 2.24. The average Bonchev–Trinajstić information content (AvgIpc) is 2.66. The number of hydrogen-bond donors (Lipinski definition) is 0. The predicted molar refractivity (Wildman–Crippen MR) is 53.4 cm³/mol. The molecule has 0 spiro atoms. The van der Waals surface area contributed by atoms with Crippen molar-refractivity contribution in [3.63, 3.8) is 0 Å². The summed E-state index contributed by atoms with van der Waals surface area (Å²) in [6.07, 6.45) is 0. The second-order valence-electron chi connectivity index (χ2n) is 2.93. The predicted octanol–water partition coefficient (Wildman–Crippen LogP) is 1.71. The van der Waals surface area contributed by atoms with Crippen molar-refractivity contribution >= 4 is 11.6 Å². The smallest absolute Gasteiger partial charge is 0.171 e. The van der Waals surface area contributed by atoms with Crippen molar-refractivity contribution in [1.82, 2.24) is 20.2 Å². The molecule has 0 radical (unpaired) electrons. The van der Waals surface area contributed by atoms with Crippen LogP contribution in [0.15, 0.2) is 24.3 Å². The molecule has 0 atom stereocenters. The SMILES string of the molecule is Cc1ccccc1-n1nnnc1CCl. The minimum absolute atomic E-state index is 0.307. The average molecular weight is 209 g/mol. The Bertz CT molecular complexity index is 438. The van der Waals surface area contributed by atoms with Crippen molar-refractivity contribution < 1.29 is 0 Å². The number of aromatic nitrogens is 4. The number of nitrogens with zero attached hydrogens (tertiary/aromatic N) is 4. The molecule has 0 bridgehead atoms. The van der Waals surface area contributed by atoms with Crippen molar-refractivity contribution in [2.45, 2.75) is 12.8 Å². The lowest BCUT2D eigenvalue weighted by Crippen LogP contribution is -2.03. The zero-order valence-electron chi connectivity index (χ0n) is 7.68. The summed E-state index contributed by atoms with van der Waals surface area (Å²) in [5, 5.41) is 11.3. The van der Waals surface area contributed by atoms with Gasteiger partial charge < -0.3 is 0 Å². The summed E-state index contributed by atoms with van der Waals surface area (Å²) in [7, 11) is 0. The quantitative estimate of drug-likeness (QED) is 0.706. The number of aryl methyl sites for hydroxylation is 1. The summed E-state index contributed by atoms with van der Waals surface area (Å²) < 4.78 is 1.66. The maximum absolute atomic E-state index is 5.71. The van der Waals surface area contributed by atoms with Crippen LogP contribution in [0.5, 0.6) is 0 Å². The summed E-state index contributed by atoms with van der Waals surface area (Å²) in [6, 6.07) is 7.89. The fourth-order valence-electron chi connectivity index (χ4n) is 1.28. The van der Waals surface area contributed by atoms with Crippen LogP contribution < -0.4 is 0 Å². The first-order chi connectivity index (χ1) is 6.83. The van der Waals surface area contributed by atoms with E-state index in [1.54, 1.807) is 4.68 Å². The molecule has 5 heteroatoms. The topological polar surface area (TPSA) is 43.6 Å². The van der Waals surface area contributed by atoms with Gasteiger partial charge in [0.25, 0.3) is 0 Å². The van der Waals surface area contributed by atoms with Gasteiger partial charge in [0.1, 0.15) is 0 Å².